The van der Waals surface area contributed by atoms with Crippen molar-refractivity contribution in [1.29, 1.82) is 0 Å². The Balaban J connectivity index is 2.20. The number of rotatable bonds is 5. The van der Waals surface area contributed by atoms with E-state index >= 15 is 0 Å². The number of nitrogens with one attached hydrogen (secondary N) is 1. The van der Waals surface area contributed by atoms with E-state index in [1.807, 2.05) is 24.3 Å². The van der Waals surface area contributed by atoms with E-state index in [9.17, 15) is 9.59 Å². The zero-order valence-electron chi connectivity index (χ0n) is 14.0. The second-order valence-corrected chi connectivity index (χ2v) is 6.17. The van der Waals surface area contributed by atoms with Gasteiger partial charge in [-0.25, -0.2) is 10.7 Å². The van der Waals surface area contributed by atoms with E-state index in [0.717, 1.165) is 11.1 Å². The Morgan fingerprint density at radius 1 is 1.52 bits per heavy atom. The van der Waals surface area contributed by atoms with Crippen molar-refractivity contribution in [3.8, 4) is 0 Å². The van der Waals surface area contributed by atoms with Crippen molar-refractivity contribution in [1.82, 2.24) is 9.55 Å². The summed E-state index contributed by atoms with van der Waals surface area (Å²) in [6.07, 6.45) is 4.23. The third-order valence-corrected chi connectivity index (χ3v) is 4.53. The third-order valence-electron chi connectivity index (χ3n) is 4.53. The maximum absolute atomic E-state index is 12.5. The molecule has 0 spiro atoms. The average molecular weight is 343 g/mol. The molecule has 1 aliphatic rings. The predicted molar refractivity (Wildman–Crippen MR) is 93.9 cm³/mol. The predicted octanol–water partition coefficient (Wildman–Crippen LogP) is 1.26. The van der Waals surface area contributed by atoms with Crippen LogP contribution in [0, 0.1) is 6.92 Å². The number of ether oxygens (including phenoxy) is 1. The lowest BCUT2D eigenvalue weighted by molar-refractivity contribution is -0.0948. The molecule has 1 aromatic carbocycles. The van der Waals surface area contributed by atoms with Crippen LogP contribution >= 0.6 is 0 Å². The van der Waals surface area contributed by atoms with Gasteiger partial charge in [0.25, 0.3) is 5.56 Å². The lowest BCUT2D eigenvalue weighted by Gasteiger charge is -2.32. The molecular weight excluding hydrogens is 322 g/mol. The molecule has 1 aliphatic heterocycles. The molecule has 1 saturated heterocycles. The number of nitrogens with zero attached hydrogens (tertiary/aromatic N) is 1. The first kappa shape index (κ1) is 17.3. The molecule has 0 aliphatic carbocycles. The van der Waals surface area contributed by atoms with Gasteiger partial charge in [0.1, 0.15) is 0 Å². The van der Waals surface area contributed by atoms with E-state index in [0.29, 0.717) is 18.4 Å². The van der Waals surface area contributed by atoms with E-state index in [4.69, 9.17) is 15.5 Å². The highest BCUT2D eigenvalue weighted by molar-refractivity contribution is 5.49. The normalized spacial score (nSPS) is 22.9. The topological polar surface area (TPSA) is 99.3 Å². The number of H-pyrrole nitrogens is 1. The van der Waals surface area contributed by atoms with E-state index in [1.165, 1.54) is 10.8 Å². The first-order valence-electron chi connectivity index (χ1n) is 8.05. The first-order valence-corrected chi connectivity index (χ1v) is 8.05. The minimum atomic E-state index is -1.03. The maximum Gasteiger partial charge on any atom is 0.330 e. The Hall–Kier alpha value is -2.48. The largest absolute Gasteiger partial charge is 0.345 e. The van der Waals surface area contributed by atoms with Gasteiger partial charge < -0.3 is 9.57 Å². The summed E-state index contributed by atoms with van der Waals surface area (Å²) in [7, 11) is 0. The van der Waals surface area contributed by atoms with Gasteiger partial charge in [-0.05, 0) is 25.0 Å². The molecule has 2 heterocycles. The molecule has 7 heteroatoms. The second kappa shape index (κ2) is 6.79. The number of benzene rings is 1. The van der Waals surface area contributed by atoms with Crippen LogP contribution in [-0.4, -0.2) is 22.3 Å². The second-order valence-electron chi connectivity index (χ2n) is 6.17. The minimum absolute atomic E-state index is 0.222. The molecule has 0 amide bonds. The molecular formula is C18H21N3O4. The van der Waals surface area contributed by atoms with Gasteiger partial charge in [-0.1, -0.05) is 30.9 Å². The van der Waals surface area contributed by atoms with Crippen LogP contribution in [0.4, 0.5) is 0 Å². The zero-order valence-corrected chi connectivity index (χ0v) is 14.0. The molecule has 0 unspecified atom stereocenters. The van der Waals surface area contributed by atoms with Crippen LogP contribution in [0.2, 0.25) is 0 Å². The van der Waals surface area contributed by atoms with Crippen LogP contribution in [0.15, 0.2) is 46.6 Å². The summed E-state index contributed by atoms with van der Waals surface area (Å²) in [5.41, 5.74) is 0.186. The van der Waals surface area contributed by atoms with Crippen molar-refractivity contribution in [2.75, 3.05) is 6.61 Å². The Labute approximate surface area is 144 Å². The Kier molecular flexibility index (Phi) is 4.71. The first-order chi connectivity index (χ1) is 12.0. The lowest BCUT2D eigenvalue weighted by Crippen LogP contribution is -2.45. The van der Waals surface area contributed by atoms with Crippen molar-refractivity contribution >= 4 is 6.08 Å². The van der Waals surface area contributed by atoms with Gasteiger partial charge in [-0.15, -0.1) is 0 Å². The molecule has 3 rings (SSSR count). The molecule has 0 bridgehead atoms. The Morgan fingerprint density at radius 3 is 3.04 bits per heavy atom. The van der Waals surface area contributed by atoms with Gasteiger partial charge >= 0.3 is 5.69 Å². The molecule has 7 nitrogen and oxygen atoms in total. The van der Waals surface area contributed by atoms with Crippen molar-refractivity contribution < 1.29 is 9.57 Å². The summed E-state index contributed by atoms with van der Waals surface area (Å²) < 4.78 is 7.69. The number of hydrogen-bond donors (Lipinski definition) is 2. The fourth-order valence-electron chi connectivity index (χ4n) is 3.25. The van der Waals surface area contributed by atoms with E-state index < -0.39 is 17.0 Å². The van der Waals surface area contributed by atoms with Crippen molar-refractivity contribution in [2.24, 2.45) is 5.90 Å². The van der Waals surface area contributed by atoms with Gasteiger partial charge in [-0.2, -0.15) is 0 Å². The summed E-state index contributed by atoms with van der Waals surface area (Å²) in [6.45, 7) is 5.66. The maximum atomic E-state index is 12.5. The highest BCUT2D eigenvalue weighted by Crippen LogP contribution is 2.40. The van der Waals surface area contributed by atoms with Crippen molar-refractivity contribution in [3.63, 3.8) is 0 Å². The molecule has 2 aromatic rings. The smallest absolute Gasteiger partial charge is 0.330 e. The molecule has 0 saturated carbocycles. The summed E-state index contributed by atoms with van der Waals surface area (Å²) in [5.74, 6) is 5.18. The number of aryl methyl sites for hydroxylation is 1. The standard InChI is InChI=1S/C18H21N3O4/c1-3-13-5-4-6-14(9-13)18(8-7-15(25-18)11-24-19)21-10-12(2)16(22)20-17(21)23/h3-6,9-10,15H,1,7-8,11,19H2,2H3,(H,20,22,23)/t15-,18-/m0/s1. The van der Waals surface area contributed by atoms with Crippen LogP contribution in [-0.2, 0) is 15.3 Å². The monoisotopic (exact) mass is 343 g/mol. The summed E-state index contributed by atoms with van der Waals surface area (Å²) in [4.78, 5) is 31.4. The van der Waals surface area contributed by atoms with Gasteiger partial charge in [0.05, 0.1) is 12.7 Å². The fourth-order valence-corrected chi connectivity index (χ4v) is 3.25. The average Bonchev–Trinajstić information content (AvgIpc) is 3.03. The summed E-state index contributed by atoms with van der Waals surface area (Å²) >= 11 is 0. The Morgan fingerprint density at radius 2 is 2.32 bits per heavy atom. The van der Waals surface area contributed by atoms with E-state index in [-0.39, 0.29) is 12.7 Å². The van der Waals surface area contributed by atoms with E-state index in [1.54, 1.807) is 13.0 Å². The van der Waals surface area contributed by atoms with Crippen LogP contribution in [0.25, 0.3) is 6.08 Å². The van der Waals surface area contributed by atoms with Gasteiger partial charge in [-0.3, -0.25) is 14.3 Å². The highest BCUT2D eigenvalue weighted by atomic mass is 16.6. The van der Waals surface area contributed by atoms with Crippen LogP contribution in [0.1, 0.15) is 29.5 Å². The van der Waals surface area contributed by atoms with Gasteiger partial charge in [0.15, 0.2) is 5.72 Å². The minimum Gasteiger partial charge on any atom is -0.345 e. The van der Waals surface area contributed by atoms with Crippen molar-refractivity contribution in [3.05, 3.63) is 74.6 Å². The lowest BCUT2D eigenvalue weighted by atomic mass is 9.96. The van der Waals surface area contributed by atoms with Gasteiger partial charge in [0, 0.05) is 23.7 Å². The number of aromatic amines is 1. The van der Waals surface area contributed by atoms with Crippen LogP contribution < -0.4 is 17.1 Å². The SMILES string of the molecule is C=Cc1cccc([C@]2(n3cc(C)c(=O)[nH]c3=O)CC[C@@H](CON)O2)c1. The quantitative estimate of drug-likeness (QED) is 0.796. The number of aromatic nitrogens is 2. The molecule has 3 N–H and O–H groups in total. The molecule has 2 atom stereocenters. The fraction of sp³-hybridized carbons (Fsp3) is 0.333. The Bertz CT molecular complexity index is 902. The molecule has 25 heavy (non-hydrogen) atoms. The van der Waals surface area contributed by atoms with Gasteiger partial charge in [0.2, 0.25) is 0 Å². The summed E-state index contributed by atoms with van der Waals surface area (Å²) in [5, 5.41) is 0. The molecule has 1 fully saturated rings. The number of nitrogens with two attached hydrogens (primary N) is 1. The van der Waals surface area contributed by atoms with E-state index in [2.05, 4.69) is 11.6 Å². The summed E-state index contributed by atoms with van der Waals surface area (Å²) in [6, 6.07) is 7.62. The zero-order chi connectivity index (χ0) is 18.0. The highest BCUT2D eigenvalue weighted by Gasteiger charge is 2.44. The third kappa shape index (κ3) is 3.09. The van der Waals surface area contributed by atoms with Crippen LogP contribution in [0.3, 0.4) is 0 Å². The number of hydrogen-bond acceptors (Lipinski definition) is 5. The molecule has 0 radical (unpaired) electrons. The molecule has 1 aromatic heterocycles. The van der Waals surface area contributed by atoms with Crippen LogP contribution in [0.5, 0.6) is 0 Å². The van der Waals surface area contributed by atoms with Crippen molar-refractivity contribution in [2.45, 2.75) is 31.6 Å². The molecule has 132 valence electrons.